The summed E-state index contributed by atoms with van der Waals surface area (Å²) in [5.74, 6) is 0.657. The fourth-order valence-corrected chi connectivity index (χ4v) is 3.00. The number of hydrogen-bond acceptors (Lipinski definition) is 2. The number of nitrogens with zero attached hydrogens (tertiary/aromatic N) is 1. The average molecular weight is 264 g/mol. The highest BCUT2D eigenvalue weighted by atomic mass is 19.1. The van der Waals surface area contributed by atoms with Crippen LogP contribution < -0.4 is 10.2 Å². The fourth-order valence-electron chi connectivity index (χ4n) is 3.00. The van der Waals surface area contributed by atoms with Crippen LogP contribution in [0, 0.1) is 11.7 Å². The first-order chi connectivity index (χ1) is 9.26. The topological polar surface area (TPSA) is 15.3 Å². The Kier molecular flexibility index (Phi) is 5.20. The summed E-state index contributed by atoms with van der Waals surface area (Å²) in [6.45, 7) is 7.96. The molecular weight excluding hydrogens is 239 g/mol. The molecule has 1 heterocycles. The fraction of sp³-hybridized carbons (Fsp3) is 0.625. The zero-order chi connectivity index (χ0) is 13.7. The number of rotatable bonds is 6. The van der Waals surface area contributed by atoms with Crippen molar-refractivity contribution in [3.63, 3.8) is 0 Å². The van der Waals surface area contributed by atoms with Crippen molar-refractivity contribution in [2.75, 3.05) is 24.5 Å². The first-order valence-corrected chi connectivity index (χ1v) is 7.49. The SMILES string of the molecule is CCCC1CCN(c2c(F)cccc2CNCC)C1. The Labute approximate surface area is 116 Å². The number of halogens is 1. The first kappa shape index (κ1) is 14.3. The van der Waals surface area contributed by atoms with Gasteiger partial charge in [0.25, 0.3) is 0 Å². The van der Waals surface area contributed by atoms with E-state index >= 15 is 0 Å². The highest BCUT2D eigenvalue weighted by molar-refractivity contribution is 5.55. The number of anilines is 1. The Balaban J connectivity index is 2.14. The minimum absolute atomic E-state index is 0.0763. The second-order valence-corrected chi connectivity index (χ2v) is 5.42. The Morgan fingerprint density at radius 3 is 2.95 bits per heavy atom. The normalized spacial score (nSPS) is 19.1. The number of nitrogens with one attached hydrogen (secondary N) is 1. The van der Waals surface area contributed by atoms with Gasteiger partial charge in [-0.1, -0.05) is 32.4 Å². The predicted molar refractivity (Wildman–Crippen MR) is 79.0 cm³/mol. The van der Waals surface area contributed by atoms with Crippen molar-refractivity contribution >= 4 is 5.69 Å². The molecule has 1 aliphatic rings. The Morgan fingerprint density at radius 2 is 2.21 bits per heavy atom. The molecule has 0 amide bonds. The van der Waals surface area contributed by atoms with Gasteiger partial charge < -0.3 is 10.2 Å². The Morgan fingerprint density at radius 1 is 1.37 bits per heavy atom. The second kappa shape index (κ2) is 6.90. The maximum absolute atomic E-state index is 14.2. The molecule has 1 aromatic rings. The van der Waals surface area contributed by atoms with Gasteiger partial charge in [0.05, 0.1) is 5.69 Å². The lowest BCUT2D eigenvalue weighted by atomic mass is 10.0. The van der Waals surface area contributed by atoms with Gasteiger partial charge in [0.1, 0.15) is 5.82 Å². The summed E-state index contributed by atoms with van der Waals surface area (Å²) in [5, 5.41) is 3.30. The molecule has 0 spiro atoms. The van der Waals surface area contributed by atoms with Crippen LogP contribution in [0.1, 0.15) is 38.7 Å². The van der Waals surface area contributed by atoms with Crippen LogP contribution in [-0.2, 0) is 6.54 Å². The molecule has 0 saturated carbocycles. The molecule has 106 valence electrons. The van der Waals surface area contributed by atoms with Gasteiger partial charge in [-0.15, -0.1) is 0 Å². The van der Waals surface area contributed by atoms with Crippen LogP contribution in [0.15, 0.2) is 18.2 Å². The molecular formula is C16H25FN2. The summed E-state index contributed by atoms with van der Waals surface area (Å²) in [7, 11) is 0. The Bertz CT molecular complexity index is 406. The second-order valence-electron chi connectivity index (χ2n) is 5.42. The van der Waals surface area contributed by atoms with E-state index in [0.717, 1.165) is 43.3 Å². The predicted octanol–water partition coefficient (Wildman–Crippen LogP) is 3.56. The van der Waals surface area contributed by atoms with Gasteiger partial charge in [0, 0.05) is 19.6 Å². The molecule has 3 heteroatoms. The van der Waals surface area contributed by atoms with Crippen molar-refractivity contribution in [3.8, 4) is 0 Å². The third-order valence-electron chi connectivity index (χ3n) is 3.93. The summed E-state index contributed by atoms with van der Waals surface area (Å²) >= 11 is 0. The van der Waals surface area contributed by atoms with Crippen molar-refractivity contribution in [2.45, 2.75) is 39.7 Å². The van der Waals surface area contributed by atoms with Crippen LogP contribution in [0.25, 0.3) is 0 Å². The molecule has 1 aromatic carbocycles. The lowest BCUT2D eigenvalue weighted by molar-refractivity contribution is 0.528. The molecule has 1 aliphatic heterocycles. The van der Waals surface area contributed by atoms with E-state index in [1.807, 2.05) is 12.1 Å². The summed E-state index contributed by atoms with van der Waals surface area (Å²) in [5.41, 5.74) is 1.90. The van der Waals surface area contributed by atoms with Crippen molar-refractivity contribution in [1.82, 2.24) is 5.32 Å². The van der Waals surface area contributed by atoms with Crippen molar-refractivity contribution in [3.05, 3.63) is 29.6 Å². The summed E-state index contributed by atoms with van der Waals surface area (Å²) in [6, 6.07) is 5.43. The van der Waals surface area contributed by atoms with E-state index in [1.165, 1.54) is 19.3 Å². The van der Waals surface area contributed by atoms with Crippen molar-refractivity contribution in [1.29, 1.82) is 0 Å². The van der Waals surface area contributed by atoms with Gasteiger partial charge in [0.15, 0.2) is 0 Å². The monoisotopic (exact) mass is 264 g/mol. The van der Waals surface area contributed by atoms with Crippen LogP contribution in [0.4, 0.5) is 10.1 Å². The molecule has 2 rings (SSSR count). The molecule has 1 fully saturated rings. The third-order valence-corrected chi connectivity index (χ3v) is 3.93. The number of para-hydroxylation sites is 1. The van der Waals surface area contributed by atoms with Gasteiger partial charge in [-0.05, 0) is 36.9 Å². The van der Waals surface area contributed by atoms with Crippen LogP contribution in [0.2, 0.25) is 0 Å². The molecule has 0 radical (unpaired) electrons. The van der Waals surface area contributed by atoms with Crippen LogP contribution in [0.3, 0.4) is 0 Å². The molecule has 0 aromatic heterocycles. The Hall–Kier alpha value is -1.09. The molecule has 1 N–H and O–H groups in total. The molecule has 0 aliphatic carbocycles. The quantitative estimate of drug-likeness (QED) is 0.845. The van der Waals surface area contributed by atoms with Crippen LogP contribution in [0.5, 0.6) is 0 Å². The van der Waals surface area contributed by atoms with E-state index in [9.17, 15) is 4.39 Å². The summed E-state index contributed by atoms with van der Waals surface area (Å²) in [4.78, 5) is 2.24. The molecule has 1 atom stereocenters. The zero-order valence-corrected chi connectivity index (χ0v) is 12.1. The van der Waals surface area contributed by atoms with Crippen LogP contribution in [-0.4, -0.2) is 19.6 Å². The largest absolute Gasteiger partial charge is 0.369 e. The van der Waals surface area contributed by atoms with Crippen molar-refractivity contribution in [2.24, 2.45) is 5.92 Å². The minimum Gasteiger partial charge on any atom is -0.369 e. The first-order valence-electron chi connectivity index (χ1n) is 7.49. The average Bonchev–Trinajstić information content (AvgIpc) is 2.85. The van der Waals surface area contributed by atoms with Crippen LogP contribution >= 0.6 is 0 Å². The summed E-state index contributed by atoms with van der Waals surface area (Å²) < 4.78 is 14.2. The molecule has 2 nitrogen and oxygen atoms in total. The highest BCUT2D eigenvalue weighted by Crippen LogP contribution is 2.31. The number of benzene rings is 1. The van der Waals surface area contributed by atoms with Gasteiger partial charge >= 0.3 is 0 Å². The van der Waals surface area contributed by atoms with E-state index in [4.69, 9.17) is 0 Å². The van der Waals surface area contributed by atoms with E-state index in [-0.39, 0.29) is 5.82 Å². The van der Waals surface area contributed by atoms with Gasteiger partial charge in [0.2, 0.25) is 0 Å². The van der Waals surface area contributed by atoms with Gasteiger partial charge in [-0.3, -0.25) is 0 Å². The van der Waals surface area contributed by atoms with E-state index < -0.39 is 0 Å². The molecule has 1 unspecified atom stereocenters. The maximum atomic E-state index is 14.2. The lowest BCUT2D eigenvalue weighted by Crippen LogP contribution is -2.24. The standard InChI is InChI=1S/C16H25FN2/c1-3-6-13-9-10-19(12-13)16-14(11-18-4-2)7-5-8-15(16)17/h5,7-8,13,18H,3-4,6,9-12H2,1-2H3. The number of hydrogen-bond donors (Lipinski definition) is 1. The van der Waals surface area contributed by atoms with E-state index in [1.54, 1.807) is 6.07 Å². The minimum atomic E-state index is -0.0763. The van der Waals surface area contributed by atoms with Crippen molar-refractivity contribution < 1.29 is 4.39 Å². The smallest absolute Gasteiger partial charge is 0.146 e. The highest BCUT2D eigenvalue weighted by Gasteiger charge is 2.25. The molecule has 0 bridgehead atoms. The third kappa shape index (κ3) is 3.47. The lowest BCUT2D eigenvalue weighted by Gasteiger charge is -2.23. The molecule has 1 saturated heterocycles. The maximum Gasteiger partial charge on any atom is 0.146 e. The van der Waals surface area contributed by atoms with Gasteiger partial charge in [-0.25, -0.2) is 4.39 Å². The van der Waals surface area contributed by atoms with Gasteiger partial charge in [-0.2, -0.15) is 0 Å². The van der Waals surface area contributed by atoms with E-state index in [0.29, 0.717) is 0 Å². The van der Waals surface area contributed by atoms with E-state index in [2.05, 4.69) is 24.1 Å². The molecule has 19 heavy (non-hydrogen) atoms. The zero-order valence-electron chi connectivity index (χ0n) is 12.1. The summed E-state index contributed by atoms with van der Waals surface area (Å²) in [6.07, 6.45) is 3.68.